The molecular weight excluding hydrogens is 218 g/mol. The van der Waals surface area contributed by atoms with Crippen LogP contribution >= 0.6 is 0 Å². The Labute approximate surface area is 98.5 Å². The highest BCUT2D eigenvalue weighted by atomic mass is 16.2. The smallest absolute Gasteiger partial charge is 0.291 e. The van der Waals surface area contributed by atoms with Crippen LogP contribution in [0.1, 0.15) is 28.9 Å². The third-order valence-electron chi connectivity index (χ3n) is 2.25. The Morgan fingerprint density at radius 3 is 3.06 bits per heavy atom. The maximum absolute atomic E-state index is 11.7. The van der Waals surface area contributed by atoms with Gasteiger partial charge in [0.2, 0.25) is 5.82 Å². The van der Waals surface area contributed by atoms with Gasteiger partial charge in [0.1, 0.15) is 5.82 Å². The minimum absolute atomic E-state index is 0.172. The lowest BCUT2D eigenvalue weighted by atomic mass is 10.3. The van der Waals surface area contributed by atoms with Gasteiger partial charge in [-0.05, 0) is 11.6 Å². The first kappa shape index (κ1) is 11.3. The molecule has 17 heavy (non-hydrogen) atoms. The van der Waals surface area contributed by atoms with Crippen LogP contribution in [-0.4, -0.2) is 26.1 Å². The molecule has 1 amide bonds. The lowest BCUT2D eigenvalue weighted by Crippen LogP contribution is -2.24. The number of aromatic amines is 1. The summed E-state index contributed by atoms with van der Waals surface area (Å²) in [6.07, 6.45) is 4.12. The Kier molecular flexibility index (Phi) is 3.44. The summed E-state index contributed by atoms with van der Waals surface area (Å²) in [5.74, 6) is 0.590. The number of amides is 1. The summed E-state index contributed by atoms with van der Waals surface area (Å²) < 4.78 is 0. The predicted octanol–water partition coefficient (Wildman–Crippen LogP) is 0.692. The van der Waals surface area contributed by atoms with Gasteiger partial charge in [-0.2, -0.15) is 0 Å². The number of nitrogens with zero attached hydrogens (tertiary/aromatic N) is 3. The van der Waals surface area contributed by atoms with Gasteiger partial charge in [0.05, 0.1) is 0 Å². The number of H-pyrrole nitrogens is 1. The Hall–Kier alpha value is -2.24. The summed E-state index contributed by atoms with van der Waals surface area (Å²) >= 11 is 0. The Bertz CT molecular complexity index is 494. The fourth-order valence-corrected chi connectivity index (χ4v) is 1.32. The van der Waals surface area contributed by atoms with Gasteiger partial charge in [-0.3, -0.25) is 14.9 Å². The van der Waals surface area contributed by atoms with Gasteiger partial charge in [-0.15, -0.1) is 5.10 Å². The number of carbonyl (C=O) groups is 1. The third-order valence-corrected chi connectivity index (χ3v) is 2.25. The molecule has 0 radical (unpaired) electrons. The highest BCUT2D eigenvalue weighted by molar-refractivity contribution is 5.90. The zero-order valence-corrected chi connectivity index (χ0v) is 9.47. The summed E-state index contributed by atoms with van der Waals surface area (Å²) in [5.41, 5.74) is 0.937. The minimum Gasteiger partial charge on any atom is -0.345 e. The lowest BCUT2D eigenvalue weighted by Gasteiger charge is -2.01. The molecule has 2 heterocycles. The van der Waals surface area contributed by atoms with Gasteiger partial charge >= 0.3 is 0 Å². The number of hydrogen-bond acceptors (Lipinski definition) is 4. The van der Waals surface area contributed by atoms with Crippen LogP contribution in [0.2, 0.25) is 0 Å². The van der Waals surface area contributed by atoms with E-state index in [1.807, 2.05) is 19.1 Å². The molecule has 2 N–H and O–H groups in total. The van der Waals surface area contributed by atoms with E-state index in [4.69, 9.17) is 0 Å². The highest BCUT2D eigenvalue weighted by Gasteiger charge is 2.10. The summed E-state index contributed by atoms with van der Waals surface area (Å²) in [5, 5.41) is 9.26. The van der Waals surface area contributed by atoms with Gasteiger partial charge in [0, 0.05) is 25.4 Å². The summed E-state index contributed by atoms with van der Waals surface area (Å²) in [4.78, 5) is 19.7. The summed E-state index contributed by atoms with van der Waals surface area (Å²) in [6.45, 7) is 2.36. The van der Waals surface area contributed by atoms with E-state index in [0.717, 1.165) is 12.0 Å². The summed E-state index contributed by atoms with van der Waals surface area (Å²) in [6, 6.07) is 3.71. The molecule has 0 bridgehead atoms. The van der Waals surface area contributed by atoms with Gasteiger partial charge in [0.25, 0.3) is 5.91 Å². The quantitative estimate of drug-likeness (QED) is 0.811. The summed E-state index contributed by atoms with van der Waals surface area (Å²) in [7, 11) is 0. The molecule has 6 nitrogen and oxygen atoms in total. The first-order valence-corrected chi connectivity index (χ1v) is 5.38. The fraction of sp³-hybridized carbons (Fsp3) is 0.273. The Balaban J connectivity index is 1.93. The molecule has 0 spiro atoms. The van der Waals surface area contributed by atoms with E-state index in [1.165, 1.54) is 0 Å². The van der Waals surface area contributed by atoms with E-state index in [9.17, 15) is 4.79 Å². The van der Waals surface area contributed by atoms with Crippen LogP contribution in [-0.2, 0) is 13.0 Å². The second kappa shape index (κ2) is 5.20. The van der Waals surface area contributed by atoms with Crippen LogP contribution in [0.5, 0.6) is 0 Å². The first-order chi connectivity index (χ1) is 8.29. The van der Waals surface area contributed by atoms with Crippen molar-refractivity contribution in [1.29, 1.82) is 0 Å². The second-order valence-electron chi connectivity index (χ2n) is 3.50. The molecule has 0 aliphatic carbocycles. The topological polar surface area (TPSA) is 83.6 Å². The van der Waals surface area contributed by atoms with Crippen molar-refractivity contribution in [1.82, 2.24) is 25.5 Å². The van der Waals surface area contributed by atoms with E-state index in [-0.39, 0.29) is 11.7 Å². The molecule has 2 rings (SSSR count). The van der Waals surface area contributed by atoms with Crippen molar-refractivity contribution in [2.45, 2.75) is 19.9 Å². The molecule has 0 unspecified atom stereocenters. The largest absolute Gasteiger partial charge is 0.345 e. The molecule has 88 valence electrons. The molecular formula is C11H13N5O. The van der Waals surface area contributed by atoms with Gasteiger partial charge < -0.3 is 5.32 Å². The van der Waals surface area contributed by atoms with Crippen molar-refractivity contribution in [2.75, 3.05) is 0 Å². The Morgan fingerprint density at radius 2 is 2.41 bits per heavy atom. The normalized spacial score (nSPS) is 10.2. The first-order valence-electron chi connectivity index (χ1n) is 5.38. The number of aryl methyl sites for hydroxylation is 1. The molecule has 6 heteroatoms. The maximum Gasteiger partial charge on any atom is 0.291 e. The Morgan fingerprint density at radius 1 is 1.53 bits per heavy atom. The van der Waals surface area contributed by atoms with Crippen molar-refractivity contribution >= 4 is 5.91 Å². The minimum atomic E-state index is -0.287. The number of nitrogens with one attached hydrogen (secondary N) is 2. The number of rotatable bonds is 4. The van der Waals surface area contributed by atoms with E-state index in [2.05, 4.69) is 25.5 Å². The molecule has 0 atom stereocenters. The van der Waals surface area contributed by atoms with Crippen LogP contribution < -0.4 is 5.32 Å². The van der Waals surface area contributed by atoms with Gasteiger partial charge in [-0.1, -0.05) is 13.0 Å². The molecule has 0 saturated heterocycles. The van der Waals surface area contributed by atoms with E-state index in [0.29, 0.717) is 12.4 Å². The molecule has 0 saturated carbocycles. The molecule has 0 fully saturated rings. The number of carbonyl (C=O) groups excluding carboxylic acids is 1. The number of hydrogen-bond donors (Lipinski definition) is 2. The van der Waals surface area contributed by atoms with Gasteiger partial charge in [0.15, 0.2) is 0 Å². The van der Waals surface area contributed by atoms with E-state index in [1.54, 1.807) is 12.4 Å². The van der Waals surface area contributed by atoms with Crippen molar-refractivity contribution in [3.8, 4) is 0 Å². The zero-order valence-electron chi connectivity index (χ0n) is 9.47. The average molecular weight is 231 g/mol. The lowest BCUT2D eigenvalue weighted by molar-refractivity contribution is 0.0941. The van der Waals surface area contributed by atoms with Crippen molar-refractivity contribution in [3.05, 3.63) is 41.7 Å². The average Bonchev–Trinajstić information content (AvgIpc) is 2.86. The molecule has 0 aliphatic rings. The predicted molar refractivity (Wildman–Crippen MR) is 61.2 cm³/mol. The monoisotopic (exact) mass is 231 g/mol. The molecule has 2 aromatic rings. The van der Waals surface area contributed by atoms with Crippen molar-refractivity contribution < 1.29 is 4.79 Å². The number of aromatic nitrogens is 4. The van der Waals surface area contributed by atoms with Crippen molar-refractivity contribution in [3.63, 3.8) is 0 Å². The highest BCUT2D eigenvalue weighted by Crippen LogP contribution is 1.97. The molecule has 0 aliphatic heterocycles. The SMILES string of the molecule is CCc1nc(C(=O)NCc2cccnc2)n[nH]1. The molecule has 0 aromatic carbocycles. The standard InChI is InChI=1S/C11H13N5O/c1-2-9-14-10(16-15-9)11(17)13-7-8-4-3-5-12-6-8/h3-6H,2,7H2,1H3,(H,13,17)(H,14,15,16). The van der Waals surface area contributed by atoms with Crippen LogP contribution in [0.3, 0.4) is 0 Å². The van der Waals surface area contributed by atoms with Crippen LogP contribution in [0.25, 0.3) is 0 Å². The van der Waals surface area contributed by atoms with Crippen LogP contribution in [0.4, 0.5) is 0 Å². The maximum atomic E-state index is 11.7. The number of pyridine rings is 1. The zero-order chi connectivity index (χ0) is 12.1. The van der Waals surface area contributed by atoms with Gasteiger partial charge in [-0.25, -0.2) is 4.98 Å². The van der Waals surface area contributed by atoms with E-state index < -0.39 is 0 Å². The van der Waals surface area contributed by atoms with Crippen LogP contribution in [0.15, 0.2) is 24.5 Å². The van der Waals surface area contributed by atoms with Crippen LogP contribution in [0, 0.1) is 0 Å². The third kappa shape index (κ3) is 2.87. The fourth-order valence-electron chi connectivity index (χ4n) is 1.32. The van der Waals surface area contributed by atoms with E-state index >= 15 is 0 Å². The second-order valence-corrected chi connectivity index (χ2v) is 3.50. The van der Waals surface area contributed by atoms with Crippen molar-refractivity contribution in [2.24, 2.45) is 0 Å². The molecule has 2 aromatic heterocycles.